The van der Waals surface area contributed by atoms with Crippen molar-refractivity contribution in [2.24, 2.45) is 11.5 Å². The molecule has 0 aromatic heterocycles. The summed E-state index contributed by atoms with van der Waals surface area (Å²) in [6, 6.07) is 32.9. The number of para-hydroxylation sites is 2. The molecular weight excluding hydrogens is 796 g/mol. The lowest BCUT2D eigenvalue weighted by molar-refractivity contribution is -0.123. The summed E-state index contributed by atoms with van der Waals surface area (Å²) in [5.74, 6) is -3.01. The molecule has 314 valence electrons. The number of carbonyl (C=O) groups excluding carboxylic acids is 3. The second kappa shape index (κ2) is 19.6. The SMILES string of the molecule is CCN(CC)c1ccc2c(c1)OCC(C(=O)NC[C@@H](NC(=O)c1ccc(C(=N)N)cc1)C(=O)N[C@H](c1ccc(C(=N)N)cc1)P(=O)(Oc1ccccc1)Oc1ccccc1)=C2. The van der Waals surface area contributed by atoms with Crippen LogP contribution in [0.4, 0.5) is 5.69 Å². The van der Waals surface area contributed by atoms with Crippen molar-refractivity contribution in [2.45, 2.75) is 25.7 Å². The van der Waals surface area contributed by atoms with Gasteiger partial charge in [0.05, 0.1) is 5.57 Å². The minimum atomic E-state index is -4.52. The van der Waals surface area contributed by atoms with Gasteiger partial charge in [0.25, 0.3) is 11.8 Å². The van der Waals surface area contributed by atoms with E-state index in [1.54, 1.807) is 66.7 Å². The number of rotatable bonds is 18. The number of fused-ring (bicyclic) bond motifs is 1. The van der Waals surface area contributed by atoms with Crippen LogP contribution < -0.4 is 46.1 Å². The van der Waals surface area contributed by atoms with Gasteiger partial charge in [-0.25, -0.2) is 4.57 Å². The monoisotopic (exact) mass is 842 g/mol. The molecule has 5 aromatic rings. The number of benzene rings is 5. The zero-order valence-electron chi connectivity index (χ0n) is 33.6. The van der Waals surface area contributed by atoms with Crippen molar-refractivity contribution < 1.29 is 32.7 Å². The standard InChI is InChI=1S/C45H47N8O7P/c1-3-53(4-2)35-24-23-33-25-34(28-58-39(33)26-35)42(54)50-27-38(51-43(55)31-19-15-29(16-20-31)40(46)47)44(56)52-45(32-21-17-30(18-22-32)41(48)49)61(57,59-36-11-7-5-8-12-36)60-37-13-9-6-10-14-37/h5-26,38,45H,3-4,27-28H2,1-2H3,(H3,46,47)(H3,48,49)(H,50,54)(H,51,55)(H,52,56)/t38-,45+/m1/s1. The van der Waals surface area contributed by atoms with Crippen LogP contribution >= 0.6 is 7.60 Å². The number of carbonyl (C=O) groups is 3. The van der Waals surface area contributed by atoms with Gasteiger partial charge in [-0.15, -0.1) is 0 Å². The molecule has 15 nitrogen and oxygen atoms in total. The van der Waals surface area contributed by atoms with Crippen molar-refractivity contribution in [2.75, 3.05) is 31.1 Å². The first kappa shape index (κ1) is 43.2. The van der Waals surface area contributed by atoms with Crippen molar-refractivity contribution in [3.05, 3.63) is 161 Å². The van der Waals surface area contributed by atoms with Crippen molar-refractivity contribution in [3.8, 4) is 17.2 Å². The molecule has 0 aliphatic carbocycles. The Morgan fingerprint density at radius 1 is 0.738 bits per heavy atom. The summed E-state index contributed by atoms with van der Waals surface area (Å²) in [6.07, 6.45) is 1.71. The fourth-order valence-corrected chi connectivity index (χ4v) is 8.34. The van der Waals surface area contributed by atoms with E-state index in [-0.39, 0.29) is 46.5 Å². The second-order valence-electron chi connectivity index (χ2n) is 13.9. The molecule has 0 fully saturated rings. The Labute approximate surface area is 353 Å². The lowest BCUT2D eigenvalue weighted by atomic mass is 10.1. The smallest absolute Gasteiger partial charge is 0.457 e. The fraction of sp³-hybridized carbons (Fsp3) is 0.178. The van der Waals surface area contributed by atoms with Gasteiger partial charge in [0.1, 0.15) is 41.6 Å². The van der Waals surface area contributed by atoms with Gasteiger partial charge >= 0.3 is 7.60 Å². The average molecular weight is 843 g/mol. The van der Waals surface area contributed by atoms with Crippen LogP contribution in [0.1, 0.15) is 52.2 Å². The maximum atomic E-state index is 15.3. The number of anilines is 1. The molecule has 9 N–H and O–H groups in total. The lowest BCUT2D eigenvalue weighted by Crippen LogP contribution is -2.53. The molecule has 1 aliphatic rings. The van der Waals surface area contributed by atoms with Gasteiger partial charge in [-0.1, -0.05) is 72.8 Å². The van der Waals surface area contributed by atoms with Crippen molar-refractivity contribution >= 4 is 48.8 Å². The minimum absolute atomic E-state index is 0.0403. The third-order valence-electron chi connectivity index (χ3n) is 9.76. The first-order valence-electron chi connectivity index (χ1n) is 19.5. The van der Waals surface area contributed by atoms with Crippen LogP contribution in [0.15, 0.2) is 133 Å². The number of nitrogens with two attached hydrogens (primary N) is 2. The molecule has 0 bridgehead atoms. The number of amides is 3. The Balaban J connectivity index is 1.33. The molecule has 1 heterocycles. The van der Waals surface area contributed by atoms with E-state index < -0.39 is 43.7 Å². The zero-order chi connectivity index (χ0) is 43.5. The molecule has 61 heavy (non-hydrogen) atoms. The summed E-state index contributed by atoms with van der Waals surface area (Å²) in [7, 11) is -4.52. The van der Waals surface area contributed by atoms with Crippen LogP contribution in [-0.2, 0) is 14.2 Å². The predicted octanol–water partition coefficient (Wildman–Crippen LogP) is 5.96. The van der Waals surface area contributed by atoms with Crippen molar-refractivity contribution in [1.82, 2.24) is 16.0 Å². The van der Waals surface area contributed by atoms with Crippen LogP contribution in [0.2, 0.25) is 0 Å². The Morgan fingerprint density at radius 2 is 1.28 bits per heavy atom. The largest absolute Gasteiger partial charge is 0.488 e. The highest BCUT2D eigenvalue weighted by Crippen LogP contribution is 2.59. The number of nitrogen functional groups attached to an aromatic ring is 2. The van der Waals surface area contributed by atoms with Gasteiger partial charge in [-0.05, 0) is 74.0 Å². The average Bonchev–Trinajstić information content (AvgIpc) is 3.27. The van der Waals surface area contributed by atoms with E-state index >= 15 is 4.57 Å². The molecule has 0 saturated carbocycles. The number of nitrogens with zero attached hydrogens (tertiary/aromatic N) is 1. The molecule has 0 saturated heterocycles. The molecular formula is C45H47N8O7P. The Morgan fingerprint density at radius 3 is 1.82 bits per heavy atom. The molecule has 16 heteroatoms. The third kappa shape index (κ3) is 10.8. The number of nitrogens with one attached hydrogen (secondary N) is 5. The Bertz CT molecular complexity index is 2420. The maximum absolute atomic E-state index is 15.3. The summed E-state index contributed by atoms with van der Waals surface area (Å²) >= 11 is 0. The molecule has 0 spiro atoms. The number of ether oxygens (including phenoxy) is 1. The summed E-state index contributed by atoms with van der Waals surface area (Å²) in [6.45, 7) is 5.31. The van der Waals surface area contributed by atoms with Crippen molar-refractivity contribution in [1.29, 1.82) is 10.8 Å². The normalized spacial score (nSPS) is 12.9. The quantitative estimate of drug-likeness (QED) is 0.0311. The van der Waals surface area contributed by atoms with Crippen LogP contribution in [0.5, 0.6) is 17.2 Å². The molecule has 0 unspecified atom stereocenters. The minimum Gasteiger partial charge on any atom is -0.488 e. The van der Waals surface area contributed by atoms with Gasteiger partial charge < -0.3 is 46.1 Å². The van der Waals surface area contributed by atoms with Gasteiger partial charge in [0, 0.05) is 53.6 Å². The van der Waals surface area contributed by atoms with E-state index in [0.29, 0.717) is 22.4 Å². The lowest BCUT2D eigenvalue weighted by Gasteiger charge is -2.30. The highest BCUT2D eigenvalue weighted by atomic mass is 31.2. The van der Waals surface area contributed by atoms with Crippen molar-refractivity contribution in [3.63, 3.8) is 0 Å². The van der Waals surface area contributed by atoms with E-state index in [1.165, 1.54) is 48.5 Å². The highest BCUT2D eigenvalue weighted by Gasteiger charge is 2.43. The van der Waals surface area contributed by atoms with E-state index in [0.717, 1.165) is 18.8 Å². The van der Waals surface area contributed by atoms with E-state index in [9.17, 15) is 14.4 Å². The van der Waals surface area contributed by atoms with Gasteiger partial charge in [-0.3, -0.25) is 25.2 Å². The van der Waals surface area contributed by atoms with Gasteiger partial charge in [0.15, 0.2) is 5.78 Å². The van der Waals surface area contributed by atoms with Crippen LogP contribution in [0.25, 0.3) is 6.08 Å². The zero-order valence-corrected chi connectivity index (χ0v) is 34.5. The van der Waals surface area contributed by atoms with Crippen LogP contribution in [-0.4, -0.2) is 61.7 Å². The number of hydrogen-bond donors (Lipinski definition) is 7. The molecule has 5 aromatic carbocycles. The summed E-state index contributed by atoms with van der Waals surface area (Å²) in [5.41, 5.74) is 14.5. The maximum Gasteiger partial charge on any atom is 0.457 e. The molecule has 2 atom stereocenters. The summed E-state index contributed by atoms with van der Waals surface area (Å²) in [5, 5.41) is 23.9. The fourth-order valence-electron chi connectivity index (χ4n) is 6.43. The summed E-state index contributed by atoms with van der Waals surface area (Å²) < 4.78 is 33.6. The van der Waals surface area contributed by atoms with E-state index in [2.05, 4.69) is 34.7 Å². The van der Waals surface area contributed by atoms with Gasteiger partial charge in [-0.2, -0.15) is 0 Å². The molecule has 6 rings (SSSR count). The molecule has 0 radical (unpaired) electrons. The van der Waals surface area contributed by atoms with E-state index in [4.69, 9.17) is 36.1 Å². The molecule has 1 aliphatic heterocycles. The first-order valence-corrected chi connectivity index (χ1v) is 21.1. The van der Waals surface area contributed by atoms with Crippen LogP contribution in [0.3, 0.4) is 0 Å². The van der Waals surface area contributed by atoms with Gasteiger partial charge in [0.2, 0.25) is 5.91 Å². The topological polar surface area (TPSA) is 235 Å². The third-order valence-corrected chi connectivity index (χ3v) is 11.8. The first-order chi connectivity index (χ1) is 29.4. The molecule has 3 amide bonds. The highest BCUT2D eigenvalue weighted by molar-refractivity contribution is 7.55. The summed E-state index contributed by atoms with van der Waals surface area (Å²) in [4.78, 5) is 44.2. The Kier molecular flexibility index (Phi) is 13.9. The predicted molar refractivity (Wildman–Crippen MR) is 235 cm³/mol. The number of amidine groups is 2. The van der Waals surface area contributed by atoms with Crippen LogP contribution in [0, 0.1) is 10.8 Å². The number of hydrogen-bond acceptors (Lipinski definition) is 10. The second-order valence-corrected chi connectivity index (χ2v) is 15.8. The van der Waals surface area contributed by atoms with E-state index in [1.807, 2.05) is 18.2 Å². The Hall–Kier alpha value is -7.38.